The Morgan fingerprint density at radius 2 is 2.13 bits per heavy atom. The fourth-order valence-corrected chi connectivity index (χ4v) is 2.79. The predicted molar refractivity (Wildman–Crippen MR) is 81.1 cm³/mol. The number of aromatic nitrogens is 1. The molecule has 1 amide bonds. The van der Waals surface area contributed by atoms with Gasteiger partial charge < -0.3 is 4.57 Å². The molecule has 1 heterocycles. The summed E-state index contributed by atoms with van der Waals surface area (Å²) in [5.74, 6) is -1.26. The van der Waals surface area contributed by atoms with Crippen molar-refractivity contribution in [2.75, 3.05) is 0 Å². The molecule has 2 atom stereocenters. The summed E-state index contributed by atoms with van der Waals surface area (Å²) in [4.78, 5) is 17.2. The van der Waals surface area contributed by atoms with E-state index in [-0.39, 0.29) is 17.6 Å². The van der Waals surface area contributed by atoms with E-state index >= 15 is 0 Å². The second-order valence-electron chi connectivity index (χ2n) is 5.07. The molecule has 1 aromatic heterocycles. The Hall–Kier alpha value is -3.28. The van der Waals surface area contributed by atoms with Gasteiger partial charge in [-0.25, -0.2) is 4.39 Å². The molecule has 0 bridgehead atoms. The van der Waals surface area contributed by atoms with E-state index in [0.717, 1.165) is 0 Å². The Balaban J connectivity index is 2.11. The molecular formula is C14H10FN7O. The van der Waals surface area contributed by atoms with Crippen molar-refractivity contribution in [3.63, 3.8) is 0 Å². The van der Waals surface area contributed by atoms with Crippen LogP contribution in [0, 0.1) is 5.82 Å². The van der Waals surface area contributed by atoms with E-state index in [0.29, 0.717) is 17.3 Å². The van der Waals surface area contributed by atoms with Gasteiger partial charge in [0, 0.05) is 26.9 Å². The fraction of sp³-hybridized carbons (Fsp3) is 0.214. The Morgan fingerprint density at radius 3 is 2.87 bits per heavy atom. The quantitative estimate of drug-likeness (QED) is 0.354. The average Bonchev–Trinajstić information content (AvgIpc) is 3.12. The number of fused-ring (bicyclic) bond motifs is 1. The van der Waals surface area contributed by atoms with E-state index in [1.54, 1.807) is 16.7 Å². The lowest BCUT2D eigenvalue weighted by Crippen LogP contribution is -2.06. The summed E-state index contributed by atoms with van der Waals surface area (Å²) in [6, 6.07) is 3.69. The van der Waals surface area contributed by atoms with Crippen LogP contribution in [-0.2, 0) is 0 Å². The smallest absolute Gasteiger partial charge is 0.251 e. The number of carbonyl (C=O) groups excluding carboxylic acids is 1. The Kier molecular flexibility index (Phi) is 3.72. The number of nitrogens with zero attached hydrogens (tertiary/aromatic N) is 7. The molecule has 0 unspecified atom stereocenters. The monoisotopic (exact) mass is 311 g/mol. The maximum atomic E-state index is 13.5. The van der Waals surface area contributed by atoms with Crippen LogP contribution in [0.1, 0.15) is 22.8 Å². The van der Waals surface area contributed by atoms with Crippen LogP contribution < -0.4 is 0 Å². The molecule has 9 heteroatoms. The number of carbonyl (C=O) groups is 1. The fourth-order valence-electron chi connectivity index (χ4n) is 2.79. The van der Waals surface area contributed by atoms with Gasteiger partial charge in [0.1, 0.15) is 5.82 Å². The molecule has 0 saturated carbocycles. The summed E-state index contributed by atoms with van der Waals surface area (Å²) in [6.45, 7) is 0. The summed E-state index contributed by atoms with van der Waals surface area (Å²) in [6.07, 6.45) is 5.73. The molecule has 114 valence electrons. The molecular weight excluding hydrogens is 301 g/mol. The highest BCUT2D eigenvalue weighted by atomic mass is 19.1. The zero-order valence-electron chi connectivity index (χ0n) is 11.7. The van der Waals surface area contributed by atoms with Gasteiger partial charge in [-0.05, 0) is 40.8 Å². The molecule has 0 N–H and O–H groups in total. The first-order valence-electron chi connectivity index (χ1n) is 6.76. The molecule has 0 saturated heterocycles. The second kappa shape index (κ2) is 5.84. The molecule has 0 fully saturated rings. The standard InChI is InChI=1S/C14H10FN7O/c15-8-1-4-13-11(5-8)12(14(23)19-21-17)7-22(13)10-3-2-9(6-10)18-20-16/h1-5,7,9-10H,6H2/t9-,10+/m1/s1. The minimum absolute atomic E-state index is 0.133. The molecule has 0 radical (unpaired) electrons. The van der Waals surface area contributed by atoms with E-state index in [2.05, 4.69) is 20.1 Å². The van der Waals surface area contributed by atoms with Crippen molar-refractivity contribution in [1.29, 1.82) is 0 Å². The molecule has 0 spiro atoms. The number of hydrogen-bond acceptors (Lipinski definition) is 2. The van der Waals surface area contributed by atoms with E-state index in [1.165, 1.54) is 18.3 Å². The number of rotatable bonds is 3. The lowest BCUT2D eigenvalue weighted by atomic mass is 10.1. The van der Waals surface area contributed by atoms with Crippen LogP contribution in [0.15, 0.2) is 46.8 Å². The Morgan fingerprint density at radius 1 is 1.30 bits per heavy atom. The van der Waals surface area contributed by atoms with Crippen LogP contribution in [0.4, 0.5) is 4.39 Å². The first-order chi connectivity index (χ1) is 11.1. The van der Waals surface area contributed by atoms with Gasteiger partial charge >= 0.3 is 0 Å². The number of hydrogen-bond donors (Lipinski definition) is 0. The molecule has 1 aliphatic carbocycles. The molecule has 1 aliphatic rings. The maximum Gasteiger partial charge on any atom is 0.251 e. The highest BCUT2D eigenvalue weighted by Gasteiger charge is 2.23. The highest BCUT2D eigenvalue weighted by molar-refractivity contribution is 6.07. The van der Waals surface area contributed by atoms with Gasteiger partial charge in [-0.3, -0.25) is 4.79 Å². The topological polar surface area (TPSA) is 120 Å². The van der Waals surface area contributed by atoms with Crippen molar-refractivity contribution in [1.82, 2.24) is 4.57 Å². The number of azide groups is 2. The Bertz CT molecular complexity index is 919. The second-order valence-corrected chi connectivity index (χ2v) is 5.07. The van der Waals surface area contributed by atoms with Gasteiger partial charge in [0.15, 0.2) is 0 Å². The first-order valence-corrected chi connectivity index (χ1v) is 6.76. The van der Waals surface area contributed by atoms with Crippen molar-refractivity contribution in [2.45, 2.75) is 18.5 Å². The van der Waals surface area contributed by atoms with Gasteiger partial charge in [0.05, 0.1) is 17.6 Å². The van der Waals surface area contributed by atoms with Gasteiger partial charge in [-0.15, -0.1) is 0 Å². The third-order valence-corrected chi connectivity index (χ3v) is 3.76. The normalized spacial score (nSPS) is 19.3. The summed E-state index contributed by atoms with van der Waals surface area (Å²) < 4.78 is 15.3. The van der Waals surface area contributed by atoms with Gasteiger partial charge in [0.2, 0.25) is 0 Å². The van der Waals surface area contributed by atoms with Gasteiger partial charge in [-0.2, -0.15) is 0 Å². The third kappa shape index (κ3) is 2.62. The summed E-state index contributed by atoms with van der Waals surface area (Å²) in [5.41, 5.74) is 17.7. The molecule has 1 aromatic carbocycles. The van der Waals surface area contributed by atoms with Crippen molar-refractivity contribution >= 4 is 16.8 Å². The number of allylic oxidation sites excluding steroid dienone is 1. The third-order valence-electron chi connectivity index (χ3n) is 3.76. The van der Waals surface area contributed by atoms with Gasteiger partial charge in [-0.1, -0.05) is 17.3 Å². The van der Waals surface area contributed by atoms with E-state index in [9.17, 15) is 9.18 Å². The zero-order valence-corrected chi connectivity index (χ0v) is 11.7. The molecule has 23 heavy (non-hydrogen) atoms. The summed E-state index contributed by atoms with van der Waals surface area (Å²) in [5, 5.41) is 7.11. The van der Waals surface area contributed by atoms with E-state index in [1.807, 2.05) is 6.08 Å². The van der Waals surface area contributed by atoms with E-state index < -0.39 is 11.7 Å². The summed E-state index contributed by atoms with van der Waals surface area (Å²) in [7, 11) is 0. The van der Waals surface area contributed by atoms with Crippen LogP contribution in [-0.4, -0.2) is 16.5 Å². The number of benzene rings is 1. The van der Waals surface area contributed by atoms with Crippen LogP contribution in [0.25, 0.3) is 31.8 Å². The van der Waals surface area contributed by atoms with Crippen LogP contribution >= 0.6 is 0 Å². The minimum atomic E-state index is -0.768. The summed E-state index contributed by atoms with van der Waals surface area (Å²) >= 11 is 0. The maximum absolute atomic E-state index is 13.5. The lowest BCUT2D eigenvalue weighted by Gasteiger charge is -2.13. The predicted octanol–water partition coefficient (Wildman–Crippen LogP) is 4.41. The van der Waals surface area contributed by atoms with Gasteiger partial charge in [0.25, 0.3) is 5.91 Å². The zero-order chi connectivity index (χ0) is 16.4. The first kappa shape index (κ1) is 14.6. The molecule has 3 rings (SSSR count). The molecule has 8 nitrogen and oxygen atoms in total. The van der Waals surface area contributed by atoms with E-state index in [4.69, 9.17) is 11.1 Å². The Labute approximate surface area is 129 Å². The van der Waals surface area contributed by atoms with Crippen LogP contribution in [0.3, 0.4) is 0 Å². The van der Waals surface area contributed by atoms with Crippen molar-refractivity contribution in [2.24, 2.45) is 10.2 Å². The highest BCUT2D eigenvalue weighted by Crippen LogP contribution is 2.32. The van der Waals surface area contributed by atoms with Crippen LogP contribution in [0.2, 0.25) is 0 Å². The van der Waals surface area contributed by atoms with Crippen molar-refractivity contribution < 1.29 is 9.18 Å². The van der Waals surface area contributed by atoms with Crippen LogP contribution in [0.5, 0.6) is 0 Å². The number of halogens is 1. The van der Waals surface area contributed by atoms with Crippen molar-refractivity contribution in [3.05, 3.63) is 68.8 Å². The molecule has 0 aliphatic heterocycles. The largest absolute Gasteiger partial charge is 0.340 e. The SMILES string of the molecule is [N-]=[N+]=NC(=O)c1cn([C@H]2C=C[C@@H](N=[N+]=[N-])C2)c2ccc(F)cc12. The number of amides is 1. The average molecular weight is 311 g/mol. The van der Waals surface area contributed by atoms with Crippen molar-refractivity contribution in [3.8, 4) is 0 Å². The molecule has 2 aromatic rings. The lowest BCUT2D eigenvalue weighted by molar-refractivity contribution is 0.100. The minimum Gasteiger partial charge on any atom is -0.340 e.